The summed E-state index contributed by atoms with van der Waals surface area (Å²) in [6, 6.07) is 9.62. The maximum Gasteiger partial charge on any atom is 0.416 e. The summed E-state index contributed by atoms with van der Waals surface area (Å²) in [7, 11) is 0. The van der Waals surface area contributed by atoms with Crippen LogP contribution in [0.3, 0.4) is 0 Å². The van der Waals surface area contributed by atoms with Gasteiger partial charge in [-0.15, -0.1) is 0 Å². The van der Waals surface area contributed by atoms with Crippen LogP contribution in [-0.2, 0) is 27.8 Å². The van der Waals surface area contributed by atoms with Crippen molar-refractivity contribution in [1.82, 2.24) is 20.0 Å². The van der Waals surface area contributed by atoms with Crippen molar-refractivity contribution in [3.63, 3.8) is 0 Å². The van der Waals surface area contributed by atoms with E-state index < -0.39 is 47.5 Å². The Morgan fingerprint density at radius 1 is 1.03 bits per heavy atom. The van der Waals surface area contributed by atoms with E-state index in [1.807, 2.05) is 4.90 Å². The first kappa shape index (κ1) is 24.6. The highest BCUT2D eigenvalue weighted by Crippen LogP contribution is 2.30. The van der Waals surface area contributed by atoms with Crippen LogP contribution in [0.4, 0.5) is 22.4 Å². The van der Waals surface area contributed by atoms with E-state index in [9.17, 15) is 31.9 Å². The number of hydrogen-bond acceptors (Lipinski definition) is 4. The molecule has 2 fully saturated rings. The lowest BCUT2D eigenvalue weighted by Gasteiger charge is -2.35. The molecule has 4 amide bonds. The van der Waals surface area contributed by atoms with Crippen LogP contribution in [0.5, 0.6) is 0 Å². The maximum atomic E-state index is 13.3. The van der Waals surface area contributed by atoms with E-state index in [1.54, 1.807) is 6.07 Å². The smallest absolute Gasteiger partial charge is 0.339 e. The number of carbonyl (C=O) groups excluding carboxylic acids is 3. The minimum Gasteiger partial charge on any atom is -0.339 e. The van der Waals surface area contributed by atoms with Crippen LogP contribution >= 0.6 is 0 Å². The van der Waals surface area contributed by atoms with Gasteiger partial charge in [0, 0.05) is 32.7 Å². The monoisotopic (exact) mass is 492 g/mol. The van der Waals surface area contributed by atoms with Gasteiger partial charge in [-0.05, 0) is 36.2 Å². The van der Waals surface area contributed by atoms with Gasteiger partial charge in [-0.1, -0.05) is 30.3 Å². The van der Waals surface area contributed by atoms with Gasteiger partial charge in [0.2, 0.25) is 5.91 Å². The van der Waals surface area contributed by atoms with Crippen molar-refractivity contribution in [1.29, 1.82) is 0 Å². The molecule has 1 N–H and O–H groups in total. The number of imide groups is 1. The lowest BCUT2D eigenvalue weighted by molar-refractivity contribution is -0.140. The quantitative estimate of drug-likeness (QED) is 0.515. The first-order valence-corrected chi connectivity index (χ1v) is 11.0. The lowest BCUT2D eigenvalue weighted by Crippen LogP contribution is -2.51. The summed E-state index contributed by atoms with van der Waals surface area (Å²) in [6.07, 6.45) is -4.41. The zero-order valence-corrected chi connectivity index (χ0v) is 18.9. The molecule has 35 heavy (non-hydrogen) atoms. The number of nitrogens with zero attached hydrogens (tertiary/aromatic N) is 3. The minimum atomic E-state index is -4.41. The van der Waals surface area contributed by atoms with Gasteiger partial charge in [0.15, 0.2) is 0 Å². The SMILES string of the molecule is CC1(c2ccc(F)cc2)NC(=O)N(CC(=O)N2CCN(Cc3cccc(C(F)(F)F)c3)CC2)C1=O. The van der Waals surface area contributed by atoms with Gasteiger partial charge < -0.3 is 10.2 Å². The largest absolute Gasteiger partial charge is 0.416 e. The van der Waals surface area contributed by atoms with Gasteiger partial charge in [-0.2, -0.15) is 13.2 Å². The van der Waals surface area contributed by atoms with Crippen LogP contribution in [0.1, 0.15) is 23.6 Å². The molecule has 2 aliphatic rings. The maximum absolute atomic E-state index is 13.3. The Bertz CT molecular complexity index is 1130. The molecule has 186 valence electrons. The normalized spacial score (nSPS) is 21.4. The van der Waals surface area contributed by atoms with Crippen molar-refractivity contribution in [2.45, 2.75) is 25.2 Å². The summed E-state index contributed by atoms with van der Waals surface area (Å²) in [5, 5.41) is 2.58. The lowest BCUT2D eigenvalue weighted by atomic mass is 9.92. The molecule has 2 heterocycles. The molecule has 2 aromatic rings. The average molecular weight is 492 g/mol. The van der Waals surface area contributed by atoms with Crippen LogP contribution in [0.15, 0.2) is 48.5 Å². The number of piperazine rings is 1. The van der Waals surface area contributed by atoms with Crippen molar-refractivity contribution in [2.75, 3.05) is 32.7 Å². The second-order valence-corrected chi connectivity index (χ2v) is 8.81. The highest BCUT2D eigenvalue weighted by Gasteiger charge is 2.49. The molecule has 0 spiro atoms. The van der Waals surface area contributed by atoms with Crippen molar-refractivity contribution in [2.24, 2.45) is 0 Å². The van der Waals surface area contributed by atoms with Crippen molar-refractivity contribution >= 4 is 17.8 Å². The van der Waals surface area contributed by atoms with Gasteiger partial charge in [0.25, 0.3) is 5.91 Å². The van der Waals surface area contributed by atoms with E-state index >= 15 is 0 Å². The molecule has 11 heteroatoms. The second-order valence-electron chi connectivity index (χ2n) is 8.81. The van der Waals surface area contributed by atoms with Gasteiger partial charge in [0.1, 0.15) is 17.9 Å². The Kier molecular flexibility index (Phi) is 6.54. The Morgan fingerprint density at radius 3 is 2.31 bits per heavy atom. The highest BCUT2D eigenvalue weighted by atomic mass is 19.4. The van der Waals surface area contributed by atoms with Crippen LogP contribution in [-0.4, -0.2) is 65.3 Å². The molecule has 0 radical (unpaired) electrons. The molecule has 2 aromatic carbocycles. The van der Waals surface area contributed by atoms with Gasteiger partial charge in [0.05, 0.1) is 5.56 Å². The summed E-state index contributed by atoms with van der Waals surface area (Å²) in [6.45, 7) is 2.89. The fraction of sp³-hybridized carbons (Fsp3) is 0.375. The first-order valence-electron chi connectivity index (χ1n) is 11.0. The molecule has 0 aromatic heterocycles. The van der Waals surface area contributed by atoms with Crippen molar-refractivity contribution in [3.8, 4) is 0 Å². The zero-order chi connectivity index (χ0) is 25.4. The Balaban J connectivity index is 1.33. The van der Waals surface area contributed by atoms with Crippen LogP contribution in [0.25, 0.3) is 0 Å². The third-order valence-corrected chi connectivity index (χ3v) is 6.38. The molecule has 1 atom stereocenters. The molecule has 0 bridgehead atoms. The molecule has 2 saturated heterocycles. The number of alkyl halides is 3. The van der Waals surface area contributed by atoms with Crippen LogP contribution < -0.4 is 5.32 Å². The summed E-state index contributed by atoms with van der Waals surface area (Å²) in [4.78, 5) is 42.6. The van der Waals surface area contributed by atoms with Crippen molar-refractivity contribution in [3.05, 3.63) is 71.0 Å². The van der Waals surface area contributed by atoms with E-state index in [0.717, 1.165) is 17.0 Å². The number of hydrogen-bond donors (Lipinski definition) is 1. The number of carbonyl (C=O) groups is 3. The summed E-state index contributed by atoms with van der Waals surface area (Å²) in [5.41, 5.74) is -1.19. The molecule has 2 aliphatic heterocycles. The number of nitrogens with one attached hydrogen (secondary N) is 1. The number of urea groups is 1. The minimum absolute atomic E-state index is 0.314. The predicted octanol–water partition coefficient (Wildman–Crippen LogP) is 2.96. The highest BCUT2D eigenvalue weighted by molar-refractivity contribution is 6.09. The molecule has 7 nitrogen and oxygen atoms in total. The van der Waals surface area contributed by atoms with Gasteiger partial charge in [-0.25, -0.2) is 9.18 Å². The first-order chi connectivity index (χ1) is 16.5. The van der Waals surface area contributed by atoms with E-state index in [4.69, 9.17) is 0 Å². The van der Waals surface area contributed by atoms with Gasteiger partial charge >= 0.3 is 12.2 Å². The van der Waals surface area contributed by atoms with Crippen LogP contribution in [0.2, 0.25) is 0 Å². The summed E-state index contributed by atoms with van der Waals surface area (Å²) < 4.78 is 52.1. The fourth-order valence-corrected chi connectivity index (χ4v) is 4.31. The number of amides is 4. The fourth-order valence-electron chi connectivity index (χ4n) is 4.31. The Labute approximate surface area is 199 Å². The summed E-state index contributed by atoms with van der Waals surface area (Å²) >= 11 is 0. The van der Waals surface area contributed by atoms with Gasteiger partial charge in [-0.3, -0.25) is 19.4 Å². The number of benzene rings is 2. The molecule has 4 rings (SSSR count). The molecule has 0 aliphatic carbocycles. The second kappa shape index (κ2) is 9.29. The standard InChI is InChI=1S/C24H24F4N4O3/c1-23(17-5-7-19(25)8-6-17)21(34)32(22(35)29-23)15-20(33)31-11-9-30(10-12-31)14-16-3-2-4-18(13-16)24(26,27)28/h2-8,13H,9-12,14-15H2,1H3,(H,29,35). The van der Waals surface area contributed by atoms with Crippen molar-refractivity contribution < 1.29 is 31.9 Å². The molecule has 0 saturated carbocycles. The third kappa shape index (κ3) is 5.14. The molecular weight excluding hydrogens is 468 g/mol. The van der Waals surface area contributed by atoms with Crippen LogP contribution in [0, 0.1) is 5.82 Å². The molecule has 1 unspecified atom stereocenters. The average Bonchev–Trinajstić information content (AvgIpc) is 3.03. The topological polar surface area (TPSA) is 73.0 Å². The Hall–Kier alpha value is -3.47. The van der Waals surface area contributed by atoms with E-state index in [0.29, 0.717) is 43.9 Å². The number of halogens is 4. The predicted molar refractivity (Wildman–Crippen MR) is 117 cm³/mol. The van der Waals surface area contributed by atoms with E-state index in [2.05, 4.69) is 5.32 Å². The molecular formula is C24H24F4N4O3. The zero-order valence-electron chi connectivity index (χ0n) is 18.9. The summed E-state index contributed by atoms with van der Waals surface area (Å²) in [5.74, 6) is -1.49. The Morgan fingerprint density at radius 2 is 1.69 bits per heavy atom. The third-order valence-electron chi connectivity index (χ3n) is 6.38. The van der Waals surface area contributed by atoms with E-state index in [-0.39, 0.29) is 0 Å². The van der Waals surface area contributed by atoms with E-state index in [1.165, 1.54) is 42.2 Å². The number of rotatable bonds is 5.